The second kappa shape index (κ2) is 7.84. The van der Waals surface area contributed by atoms with E-state index in [1.807, 2.05) is 30.3 Å². The molecular weight excluding hydrogens is 344 g/mol. The third kappa shape index (κ3) is 4.24. The first-order valence-electron chi connectivity index (χ1n) is 9.59. The number of para-hydroxylation sites is 1. The molecule has 3 heterocycles. The smallest absolute Gasteiger partial charge is 0.254 e. The highest BCUT2D eigenvalue weighted by atomic mass is 16.5. The SMILES string of the molecule is O=C(C1=Cc2ccccc2OC=C1)N1CCOCC(O)(CN2CCCC2)C1. The number of hydrogen-bond donors (Lipinski definition) is 1. The molecule has 4 rings (SSSR count). The Kier molecular flexibility index (Phi) is 5.29. The van der Waals surface area contributed by atoms with E-state index in [1.54, 1.807) is 17.2 Å². The number of ether oxygens (including phenoxy) is 2. The lowest BCUT2D eigenvalue weighted by Gasteiger charge is -2.34. The van der Waals surface area contributed by atoms with E-state index in [0.717, 1.165) is 37.2 Å². The van der Waals surface area contributed by atoms with Crippen molar-refractivity contribution in [2.24, 2.45) is 0 Å². The summed E-state index contributed by atoms with van der Waals surface area (Å²) >= 11 is 0. The van der Waals surface area contributed by atoms with Gasteiger partial charge < -0.3 is 24.4 Å². The van der Waals surface area contributed by atoms with Crippen LogP contribution in [0.4, 0.5) is 0 Å². The van der Waals surface area contributed by atoms with Gasteiger partial charge in [0.1, 0.15) is 11.4 Å². The van der Waals surface area contributed by atoms with Crippen LogP contribution in [0.25, 0.3) is 6.08 Å². The van der Waals surface area contributed by atoms with Crippen molar-refractivity contribution in [3.05, 3.63) is 47.7 Å². The zero-order chi connectivity index (χ0) is 18.7. The molecule has 0 aliphatic carbocycles. The van der Waals surface area contributed by atoms with Crippen LogP contribution < -0.4 is 4.74 Å². The van der Waals surface area contributed by atoms with E-state index in [1.165, 1.54) is 0 Å². The Labute approximate surface area is 159 Å². The molecule has 1 aromatic carbocycles. The lowest BCUT2D eigenvalue weighted by atomic mass is 10.0. The van der Waals surface area contributed by atoms with E-state index in [0.29, 0.717) is 25.3 Å². The molecule has 144 valence electrons. The lowest BCUT2D eigenvalue weighted by Crippen LogP contribution is -2.53. The third-order valence-corrected chi connectivity index (χ3v) is 5.28. The van der Waals surface area contributed by atoms with Gasteiger partial charge in [-0.3, -0.25) is 4.79 Å². The number of amides is 1. The van der Waals surface area contributed by atoms with Crippen LogP contribution >= 0.6 is 0 Å². The van der Waals surface area contributed by atoms with E-state index < -0.39 is 5.60 Å². The monoisotopic (exact) mass is 370 g/mol. The Bertz CT molecular complexity index is 754. The van der Waals surface area contributed by atoms with Crippen LogP contribution in [0.1, 0.15) is 18.4 Å². The van der Waals surface area contributed by atoms with Crippen LogP contribution in [-0.2, 0) is 9.53 Å². The largest absolute Gasteiger partial charge is 0.464 e. The minimum Gasteiger partial charge on any atom is -0.464 e. The van der Waals surface area contributed by atoms with Crippen molar-refractivity contribution in [3.8, 4) is 5.75 Å². The van der Waals surface area contributed by atoms with E-state index in [4.69, 9.17) is 9.47 Å². The van der Waals surface area contributed by atoms with Crippen molar-refractivity contribution >= 4 is 12.0 Å². The summed E-state index contributed by atoms with van der Waals surface area (Å²) in [6.07, 6.45) is 7.40. The van der Waals surface area contributed by atoms with Crippen LogP contribution in [0, 0.1) is 0 Å². The van der Waals surface area contributed by atoms with Gasteiger partial charge in [0.05, 0.1) is 26.0 Å². The highest BCUT2D eigenvalue weighted by molar-refractivity contribution is 6.01. The molecule has 1 unspecified atom stereocenters. The van der Waals surface area contributed by atoms with Gasteiger partial charge in [-0.15, -0.1) is 0 Å². The van der Waals surface area contributed by atoms with Crippen molar-refractivity contribution in [3.63, 3.8) is 0 Å². The standard InChI is InChI=1S/C21H26N2O4/c24-20(18-7-11-27-19-6-2-1-5-17(19)13-18)23-10-12-26-16-21(25,15-23)14-22-8-3-4-9-22/h1-2,5-7,11,13,25H,3-4,8-10,12,14-16H2. The minimum atomic E-state index is -1.04. The van der Waals surface area contributed by atoms with Gasteiger partial charge in [0.2, 0.25) is 0 Å². The molecule has 1 atom stereocenters. The van der Waals surface area contributed by atoms with Crippen LogP contribution in [-0.4, -0.2) is 72.4 Å². The highest BCUT2D eigenvalue weighted by Crippen LogP contribution is 2.26. The number of hydrogen-bond acceptors (Lipinski definition) is 5. The second-order valence-electron chi connectivity index (χ2n) is 7.54. The highest BCUT2D eigenvalue weighted by Gasteiger charge is 2.37. The van der Waals surface area contributed by atoms with Crippen molar-refractivity contribution in [1.82, 2.24) is 9.80 Å². The zero-order valence-corrected chi connectivity index (χ0v) is 15.5. The Morgan fingerprint density at radius 2 is 2.00 bits per heavy atom. The Balaban J connectivity index is 1.52. The predicted octanol–water partition coefficient (Wildman–Crippen LogP) is 1.66. The maximum atomic E-state index is 13.2. The molecule has 2 fully saturated rings. The Morgan fingerprint density at radius 3 is 2.85 bits per heavy atom. The first kappa shape index (κ1) is 18.2. The minimum absolute atomic E-state index is 0.114. The van der Waals surface area contributed by atoms with Crippen LogP contribution in [0.3, 0.4) is 0 Å². The molecule has 0 spiro atoms. The number of benzene rings is 1. The first-order chi connectivity index (χ1) is 13.1. The molecular formula is C21H26N2O4. The van der Waals surface area contributed by atoms with Crippen LogP contribution in [0.2, 0.25) is 0 Å². The second-order valence-corrected chi connectivity index (χ2v) is 7.54. The van der Waals surface area contributed by atoms with E-state index in [9.17, 15) is 9.90 Å². The molecule has 1 amide bonds. The molecule has 27 heavy (non-hydrogen) atoms. The average molecular weight is 370 g/mol. The molecule has 6 nitrogen and oxygen atoms in total. The lowest BCUT2D eigenvalue weighted by molar-refractivity contribution is -0.130. The Morgan fingerprint density at radius 1 is 1.19 bits per heavy atom. The van der Waals surface area contributed by atoms with Gasteiger partial charge in [-0.05, 0) is 44.1 Å². The normalized spacial score (nSPS) is 26.0. The number of aliphatic hydroxyl groups is 1. The summed E-state index contributed by atoms with van der Waals surface area (Å²) in [6.45, 7) is 3.96. The zero-order valence-electron chi connectivity index (χ0n) is 15.5. The molecule has 2 saturated heterocycles. The first-order valence-corrected chi connectivity index (χ1v) is 9.59. The maximum absolute atomic E-state index is 13.2. The van der Waals surface area contributed by atoms with Gasteiger partial charge in [0, 0.05) is 24.2 Å². The fourth-order valence-corrected chi connectivity index (χ4v) is 3.96. The van der Waals surface area contributed by atoms with Crippen LogP contribution in [0.5, 0.6) is 5.75 Å². The number of β-amino-alcohol motifs (C(OH)–C–C–N with tert-alkyl or cyclic N) is 1. The quantitative estimate of drug-likeness (QED) is 0.877. The van der Waals surface area contributed by atoms with Gasteiger partial charge >= 0.3 is 0 Å². The predicted molar refractivity (Wildman–Crippen MR) is 102 cm³/mol. The summed E-state index contributed by atoms with van der Waals surface area (Å²) in [7, 11) is 0. The summed E-state index contributed by atoms with van der Waals surface area (Å²) < 4.78 is 11.2. The third-order valence-electron chi connectivity index (χ3n) is 5.28. The van der Waals surface area contributed by atoms with Gasteiger partial charge in [-0.2, -0.15) is 0 Å². The van der Waals surface area contributed by atoms with Gasteiger partial charge in [-0.25, -0.2) is 0 Å². The fraction of sp³-hybridized carbons (Fsp3) is 0.476. The summed E-state index contributed by atoms with van der Waals surface area (Å²) in [6, 6.07) is 7.61. The molecule has 3 aliphatic rings. The van der Waals surface area contributed by atoms with Crippen molar-refractivity contribution in [1.29, 1.82) is 0 Å². The van der Waals surface area contributed by atoms with E-state index >= 15 is 0 Å². The number of rotatable bonds is 3. The van der Waals surface area contributed by atoms with E-state index in [-0.39, 0.29) is 19.1 Å². The van der Waals surface area contributed by atoms with Crippen molar-refractivity contribution in [2.45, 2.75) is 18.4 Å². The number of likely N-dealkylation sites (tertiary alicyclic amines) is 1. The molecule has 1 aromatic rings. The van der Waals surface area contributed by atoms with Crippen LogP contribution in [0.15, 0.2) is 42.2 Å². The van der Waals surface area contributed by atoms with Gasteiger partial charge in [-0.1, -0.05) is 18.2 Å². The number of carbonyl (C=O) groups excluding carboxylic acids is 1. The number of fused-ring (bicyclic) bond motifs is 1. The summed E-state index contributed by atoms with van der Waals surface area (Å²) in [5.41, 5.74) is 0.370. The van der Waals surface area contributed by atoms with Crippen molar-refractivity contribution < 1.29 is 19.4 Å². The molecule has 1 N–H and O–H groups in total. The fourth-order valence-electron chi connectivity index (χ4n) is 3.96. The topological polar surface area (TPSA) is 62.2 Å². The van der Waals surface area contributed by atoms with Gasteiger partial charge in [0.25, 0.3) is 5.91 Å². The Hall–Kier alpha value is -2.15. The molecule has 3 aliphatic heterocycles. The van der Waals surface area contributed by atoms with E-state index in [2.05, 4.69) is 4.90 Å². The molecule has 6 heteroatoms. The molecule has 0 aromatic heterocycles. The summed E-state index contributed by atoms with van der Waals surface area (Å²) in [5, 5.41) is 11.1. The summed E-state index contributed by atoms with van der Waals surface area (Å²) in [4.78, 5) is 17.1. The average Bonchev–Trinajstić information content (AvgIpc) is 2.96. The number of nitrogens with zero attached hydrogens (tertiary/aromatic N) is 2. The maximum Gasteiger partial charge on any atom is 0.254 e. The number of carbonyl (C=O) groups is 1. The van der Waals surface area contributed by atoms with Gasteiger partial charge in [0.15, 0.2) is 0 Å². The molecule has 0 bridgehead atoms. The molecule has 0 radical (unpaired) electrons. The summed E-state index contributed by atoms with van der Waals surface area (Å²) in [5.74, 6) is 0.609. The molecule has 0 saturated carbocycles. The van der Waals surface area contributed by atoms with Crippen molar-refractivity contribution in [2.75, 3.05) is 45.9 Å².